The summed E-state index contributed by atoms with van der Waals surface area (Å²) in [6.45, 7) is -0.509. The van der Waals surface area contributed by atoms with Crippen molar-refractivity contribution >= 4 is 23.5 Å². The van der Waals surface area contributed by atoms with Crippen molar-refractivity contribution in [3.05, 3.63) is 59.8 Å². The van der Waals surface area contributed by atoms with Crippen molar-refractivity contribution < 1.29 is 34.1 Å². The van der Waals surface area contributed by atoms with Gasteiger partial charge in [-0.05, 0) is 30.3 Å². The molecule has 0 saturated carbocycles. The van der Waals surface area contributed by atoms with Crippen LogP contribution in [0.2, 0.25) is 0 Å². The Kier molecular flexibility index (Phi) is 5.79. The predicted molar refractivity (Wildman–Crippen MR) is 102 cm³/mol. The Labute approximate surface area is 165 Å². The lowest BCUT2D eigenvalue weighted by Crippen LogP contribution is -2.34. The third-order valence-electron chi connectivity index (χ3n) is 4.12. The number of rotatable bonds is 8. The number of aliphatic hydroxyl groups excluding tert-OH is 1. The smallest absolute Gasteiger partial charge is 0.337 e. The highest BCUT2D eigenvalue weighted by Crippen LogP contribution is 2.33. The Morgan fingerprint density at radius 1 is 1.14 bits per heavy atom. The topological polar surface area (TPSA) is 125 Å². The average molecular weight is 398 g/mol. The van der Waals surface area contributed by atoms with Gasteiger partial charge < -0.3 is 25.0 Å². The number of nitrogens with one attached hydrogen (secondary N) is 1. The van der Waals surface area contributed by atoms with Gasteiger partial charge in [-0.2, -0.15) is 0 Å². The monoisotopic (exact) mass is 398 g/mol. The number of amides is 2. The summed E-state index contributed by atoms with van der Waals surface area (Å²) in [5.41, 5.74) is -0.119. The van der Waals surface area contributed by atoms with E-state index in [0.717, 1.165) is 11.0 Å². The lowest BCUT2D eigenvalue weighted by Gasteiger charge is -2.15. The maximum Gasteiger partial charge on any atom is 0.337 e. The summed E-state index contributed by atoms with van der Waals surface area (Å²) >= 11 is 0. The zero-order valence-corrected chi connectivity index (χ0v) is 15.4. The highest BCUT2D eigenvalue weighted by Gasteiger charge is 2.31. The molecule has 9 nitrogen and oxygen atoms in total. The number of aromatic carboxylic acids is 1. The highest BCUT2D eigenvalue weighted by atomic mass is 16.5. The van der Waals surface area contributed by atoms with Gasteiger partial charge in [0.1, 0.15) is 11.4 Å². The number of methoxy groups -OCH3 is 1. The molecule has 2 aromatic carbocycles. The van der Waals surface area contributed by atoms with E-state index in [0.29, 0.717) is 11.5 Å². The minimum absolute atomic E-state index is 0.0793. The number of carboxylic acid groups (broad SMARTS) is 1. The van der Waals surface area contributed by atoms with Crippen molar-refractivity contribution in [2.45, 2.75) is 0 Å². The summed E-state index contributed by atoms with van der Waals surface area (Å²) in [4.78, 5) is 36.7. The van der Waals surface area contributed by atoms with E-state index in [4.69, 9.17) is 14.6 Å². The zero-order valence-electron chi connectivity index (χ0n) is 15.4. The van der Waals surface area contributed by atoms with Gasteiger partial charge in [-0.1, -0.05) is 12.1 Å². The summed E-state index contributed by atoms with van der Waals surface area (Å²) in [5, 5.41) is 21.2. The first-order chi connectivity index (χ1) is 13.9. The van der Waals surface area contributed by atoms with Gasteiger partial charge in [0, 0.05) is 6.08 Å². The number of anilines is 1. The van der Waals surface area contributed by atoms with Crippen molar-refractivity contribution in [2.75, 3.05) is 25.6 Å². The molecule has 0 saturated heterocycles. The molecule has 0 unspecified atom stereocenters. The van der Waals surface area contributed by atoms with Gasteiger partial charge in [0.15, 0.2) is 11.5 Å². The molecule has 0 aliphatic carbocycles. The van der Waals surface area contributed by atoms with Crippen LogP contribution in [0.5, 0.6) is 17.2 Å². The molecule has 0 atom stereocenters. The molecule has 1 aliphatic rings. The van der Waals surface area contributed by atoms with Crippen LogP contribution in [0, 0.1) is 0 Å². The number of ether oxygens (including phenoxy) is 2. The molecule has 29 heavy (non-hydrogen) atoms. The molecule has 2 amide bonds. The van der Waals surface area contributed by atoms with E-state index in [-0.39, 0.29) is 35.8 Å². The van der Waals surface area contributed by atoms with Crippen LogP contribution in [0.4, 0.5) is 5.69 Å². The summed E-state index contributed by atoms with van der Waals surface area (Å²) in [7, 11) is 1.49. The number of β-amino-alcohol motifs (C(OH)–C–C–N with tert-alkyl or cyclic N) is 1. The number of nitrogens with zero attached hydrogens (tertiary/aromatic N) is 1. The van der Waals surface area contributed by atoms with E-state index in [1.54, 1.807) is 24.3 Å². The van der Waals surface area contributed by atoms with Crippen molar-refractivity contribution in [2.24, 2.45) is 0 Å². The van der Waals surface area contributed by atoms with Crippen molar-refractivity contribution in [1.29, 1.82) is 0 Å². The molecular weight excluding hydrogens is 380 g/mol. The second kappa shape index (κ2) is 8.44. The van der Waals surface area contributed by atoms with E-state index in [9.17, 15) is 19.5 Å². The van der Waals surface area contributed by atoms with Crippen LogP contribution in [0.25, 0.3) is 0 Å². The molecule has 0 fully saturated rings. The Morgan fingerprint density at radius 3 is 2.52 bits per heavy atom. The number of para-hydroxylation sites is 2. The maximum absolute atomic E-state index is 12.2. The van der Waals surface area contributed by atoms with Crippen LogP contribution >= 0.6 is 0 Å². The number of carbonyl (C=O) groups excluding carboxylic acids is 2. The lowest BCUT2D eigenvalue weighted by atomic mass is 10.1. The van der Waals surface area contributed by atoms with Crippen molar-refractivity contribution in [1.82, 2.24) is 4.90 Å². The largest absolute Gasteiger partial charge is 0.493 e. The molecule has 0 bridgehead atoms. The van der Waals surface area contributed by atoms with Gasteiger partial charge in [-0.15, -0.1) is 0 Å². The standard InChI is InChI=1S/C20H18N2O7/c1-28-16-4-2-3-5-17(16)29-12-6-7-14(13(10-12)20(26)27)21-15-11-18(24)22(8-9-23)19(15)25/h2-7,10-11,21,23H,8-9H2,1H3,(H,26,27). The van der Waals surface area contributed by atoms with Gasteiger partial charge in [-0.25, -0.2) is 4.79 Å². The fourth-order valence-electron chi connectivity index (χ4n) is 2.76. The molecule has 0 radical (unpaired) electrons. The molecular formula is C20H18N2O7. The van der Waals surface area contributed by atoms with Gasteiger partial charge in [0.2, 0.25) is 0 Å². The number of benzene rings is 2. The summed E-state index contributed by atoms with van der Waals surface area (Å²) < 4.78 is 10.9. The molecule has 9 heteroatoms. The summed E-state index contributed by atoms with van der Waals surface area (Å²) in [5.74, 6) is -1.33. The van der Waals surface area contributed by atoms with E-state index in [1.807, 2.05) is 0 Å². The minimum Gasteiger partial charge on any atom is -0.493 e. The molecule has 2 aromatic rings. The van der Waals surface area contributed by atoms with E-state index in [1.165, 1.54) is 25.3 Å². The summed E-state index contributed by atoms with van der Waals surface area (Å²) in [6, 6.07) is 11.2. The van der Waals surface area contributed by atoms with Gasteiger partial charge in [0.25, 0.3) is 11.8 Å². The molecule has 0 aromatic heterocycles. The van der Waals surface area contributed by atoms with Crippen LogP contribution in [0.15, 0.2) is 54.2 Å². The Balaban J connectivity index is 1.86. The number of hydrogen-bond donors (Lipinski definition) is 3. The summed E-state index contributed by atoms with van der Waals surface area (Å²) in [6.07, 6.45) is 1.06. The molecule has 0 spiro atoms. The highest BCUT2D eigenvalue weighted by molar-refractivity contribution is 6.17. The first-order valence-corrected chi connectivity index (χ1v) is 8.58. The Bertz CT molecular complexity index is 1000. The lowest BCUT2D eigenvalue weighted by molar-refractivity contribution is -0.137. The third kappa shape index (κ3) is 4.19. The van der Waals surface area contributed by atoms with Crippen LogP contribution < -0.4 is 14.8 Å². The Hall–Kier alpha value is -3.85. The Morgan fingerprint density at radius 2 is 1.86 bits per heavy atom. The van der Waals surface area contributed by atoms with E-state index in [2.05, 4.69) is 5.32 Å². The number of imide groups is 1. The van der Waals surface area contributed by atoms with E-state index < -0.39 is 17.8 Å². The number of carbonyl (C=O) groups is 3. The molecule has 3 N–H and O–H groups in total. The third-order valence-corrected chi connectivity index (χ3v) is 4.12. The fraction of sp³-hybridized carbons (Fsp3) is 0.150. The SMILES string of the molecule is COc1ccccc1Oc1ccc(NC2=CC(=O)N(CCO)C2=O)c(C(=O)O)c1. The first kappa shape index (κ1) is 19.9. The molecule has 150 valence electrons. The molecule has 3 rings (SSSR count). The van der Waals surface area contributed by atoms with Gasteiger partial charge in [-0.3, -0.25) is 14.5 Å². The van der Waals surface area contributed by atoms with E-state index >= 15 is 0 Å². The maximum atomic E-state index is 12.2. The van der Waals surface area contributed by atoms with Crippen LogP contribution in [-0.4, -0.2) is 53.2 Å². The van der Waals surface area contributed by atoms with Gasteiger partial charge >= 0.3 is 5.97 Å². The van der Waals surface area contributed by atoms with Crippen LogP contribution in [0.3, 0.4) is 0 Å². The quantitative estimate of drug-likeness (QED) is 0.575. The first-order valence-electron chi connectivity index (χ1n) is 8.58. The molecule has 1 aliphatic heterocycles. The number of aliphatic hydroxyl groups is 1. The second-order valence-corrected chi connectivity index (χ2v) is 5.97. The van der Waals surface area contributed by atoms with Crippen LogP contribution in [0.1, 0.15) is 10.4 Å². The average Bonchev–Trinajstić information content (AvgIpc) is 2.97. The minimum atomic E-state index is -1.25. The molecule has 1 heterocycles. The zero-order chi connectivity index (χ0) is 21.0. The normalized spacial score (nSPS) is 13.3. The number of carboxylic acids is 1. The number of hydrogen-bond acceptors (Lipinski definition) is 7. The van der Waals surface area contributed by atoms with Crippen molar-refractivity contribution in [3.63, 3.8) is 0 Å². The predicted octanol–water partition coefficient (Wildman–Crippen LogP) is 1.84. The second-order valence-electron chi connectivity index (χ2n) is 5.97. The van der Waals surface area contributed by atoms with Crippen LogP contribution in [-0.2, 0) is 9.59 Å². The fourth-order valence-corrected chi connectivity index (χ4v) is 2.76. The van der Waals surface area contributed by atoms with Crippen molar-refractivity contribution in [3.8, 4) is 17.2 Å². The van der Waals surface area contributed by atoms with Gasteiger partial charge in [0.05, 0.1) is 31.5 Å².